The molecule has 2 rings (SSSR count). The molecule has 0 aromatic heterocycles. The van der Waals surface area contributed by atoms with Crippen molar-refractivity contribution in [1.29, 1.82) is 0 Å². The maximum Gasteiger partial charge on any atom is 0.119 e. The first kappa shape index (κ1) is 14.6. The molecule has 1 N–H and O–H groups in total. The summed E-state index contributed by atoms with van der Waals surface area (Å²) in [5, 5.41) is 9.22. The fourth-order valence-electron chi connectivity index (χ4n) is 2.21. The van der Waals surface area contributed by atoms with E-state index in [0.29, 0.717) is 6.61 Å². The molecule has 2 nitrogen and oxygen atoms in total. The first-order valence-electron chi connectivity index (χ1n) is 6.97. The molecule has 0 radical (unpaired) electrons. The van der Waals surface area contributed by atoms with Crippen molar-refractivity contribution < 1.29 is 9.84 Å². The molecule has 0 aliphatic rings. The van der Waals surface area contributed by atoms with E-state index in [2.05, 4.69) is 50.2 Å². The van der Waals surface area contributed by atoms with E-state index in [0.717, 1.165) is 5.75 Å². The zero-order chi connectivity index (χ0) is 14.6. The van der Waals surface area contributed by atoms with E-state index in [1.165, 1.54) is 11.1 Å². The van der Waals surface area contributed by atoms with Gasteiger partial charge in [-0.1, -0.05) is 56.3 Å². The van der Waals surface area contributed by atoms with E-state index in [1.54, 1.807) is 6.92 Å². The van der Waals surface area contributed by atoms with Crippen molar-refractivity contribution in [2.75, 3.05) is 6.61 Å². The molecular weight excluding hydrogens is 248 g/mol. The predicted molar refractivity (Wildman–Crippen MR) is 82.2 cm³/mol. The topological polar surface area (TPSA) is 29.5 Å². The first-order chi connectivity index (χ1) is 9.50. The molecule has 2 heteroatoms. The zero-order valence-corrected chi connectivity index (χ0v) is 12.3. The van der Waals surface area contributed by atoms with Gasteiger partial charge >= 0.3 is 0 Å². The number of rotatable bonds is 5. The monoisotopic (exact) mass is 270 g/mol. The third-order valence-corrected chi connectivity index (χ3v) is 3.56. The summed E-state index contributed by atoms with van der Waals surface area (Å²) in [7, 11) is 0. The Morgan fingerprint density at radius 3 is 2.05 bits per heavy atom. The molecule has 2 aromatic rings. The first-order valence-corrected chi connectivity index (χ1v) is 6.97. The van der Waals surface area contributed by atoms with Crippen molar-refractivity contribution >= 4 is 0 Å². The third kappa shape index (κ3) is 3.40. The van der Waals surface area contributed by atoms with Gasteiger partial charge in [-0.05, 0) is 30.2 Å². The Bertz CT molecular complexity index is 527. The summed E-state index contributed by atoms with van der Waals surface area (Å²) in [4.78, 5) is 0. The van der Waals surface area contributed by atoms with Crippen molar-refractivity contribution in [3.05, 3.63) is 65.7 Å². The quantitative estimate of drug-likeness (QED) is 0.896. The summed E-state index contributed by atoms with van der Waals surface area (Å²) in [6.45, 7) is 6.47. The van der Waals surface area contributed by atoms with Crippen molar-refractivity contribution in [3.8, 4) is 5.75 Å². The van der Waals surface area contributed by atoms with E-state index < -0.39 is 6.10 Å². The van der Waals surface area contributed by atoms with Crippen LogP contribution in [0.4, 0.5) is 0 Å². The summed E-state index contributed by atoms with van der Waals surface area (Å²) in [6.07, 6.45) is -0.449. The molecule has 0 fully saturated rings. The van der Waals surface area contributed by atoms with Crippen LogP contribution in [0.25, 0.3) is 0 Å². The van der Waals surface area contributed by atoms with Gasteiger partial charge in [0.2, 0.25) is 0 Å². The van der Waals surface area contributed by atoms with E-state index in [9.17, 15) is 5.11 Å². The van der Waals surface area contributed by atoms with Gasteiger partial charge in [-0.2, -0.15) is 0 Å². The van der Waals surface area contributed by atoms with Gasteiger partial charge in [0.25, 0.3) is 0 Å². The smallest absolute Gasteiger partial charge is 0.119 e. The van der Waals surface area contributed by atoms with Crippen LogP contribution in [0.15, 0.2) is 54.6 Å². The number of hydrogen-bond donors (Lipinski definition) is 1. The highest BCUT2D eigenvalue weighted by Crippen LogP contribution is 2.32. The Hall–Kier alpha value is -1.80. The molecule has 0 amide bonds. The van der Waals surface area contributed by atoms with E-state index in [1.807, 2.05) is 18.2 Å². The molecule has 0 saturated heterocycles. The van der Waals surface area contributed by atoms with Gasteiger partial charge in [-0.25, -0.2) is 0 Å². The maximum absolute atomic E-state index is 9.22. The average Bonchev–Trinajstić information content (AvgIpc) is 2.46. The molecule has 0 bridgehead atoms. The van der Waals surface area contributed by atoms with Crippen LogP contribution in [0, 0.1) is 0 Å². The Morgan fingerprint density at radius 1 is 0.950 bits per heavy atom. The third-order valence-electron chi connectivity index (χ3n) is 3.56. The number of aliphatic hydroxyl groups is 1. The van der Waals surface area contributed by atoms with E-state index in [-0.39, 0.29) is 5.41 Å². The molecule has 1 atom stereocenters. The second kappa shape index (κ2) is 6.10. The Morgan fingerprint density at radius 2 is 1.50 bits per heavy atom. The van der Waals surface area contributed by atoms with Gasteiger partial charge < -0.3 is 9.84 Å². The molecule has 0 aliphatic carbocycles. The lowest BCUT2D eigenvalue weighted by molar-refractivity contribution is 0.122. The fourth-order valence-corrected chi connectivity index (χ4v) is 2.21. The van der Waals surface area contributed by atoms with Crippen LogP contribution in [0.3, 0.4) is 0 Å². The van der Waals surface area contributed by atoms with Crippen LogP contribution in [-0.4, -0.2) is 17.8 Å². The van der Waals surface area contributed by atoms with Crippen LogP contribution in [0.5, 0.6) is 5.75 Å². The van der Waals surface area contributed by atoms with Crippen molar-refractivity contribution in [2.45, 2.75) is 32.3 Å². The molecule has 0 saturated carbocycles. The molecule has 106 valence electrons. The van der Waals surface area contributed by atoms with Crippen LogP contribution >= 0.6 is 0 Å². The Kier molecular flexibility index (Phi) is 4.46. The Labute approximate surface area is 121 Å². The van der Waals surface area contributed by atoms with Crippen molar-refractivity contribution in [3.63, 3.8) is 0 Å². The SMILES string of the molecule is CC(O)COc1ccc(C(C)(C)c2ccccc2)cc1. The van der Waals surface area contributed by atoms with Gasteiger partial charge in [0.05, 0.1) is 6.10 Å². The second-order valence-electron chi connectivity index (χ2n) is 5.68. The molecule has 0 heterocycles. The standard InChI is InChI=1S/C18H22O2/c1-14(19)13-20-17-11-9-16(10-12-17)18(2,3)15-7-5-4-6-8-15/h4-12,14,19H,13H2,1-3H3. The molecule has 0 spiro atoms. The normalized spacial score (nSPS) is 13.0. The number of benzene rings is 2. The van der Waals surface area contributed by atoms with Crippen LogP contribution < -0.4 is 4.74 Å². The van der Waals surface area contributed by atoms with Crippen LogP contribution in [0.2, 0.25) is 0 Å². The average molecular weight is 270 g/mol. The van der Waals surface area contributed by atoms with E-state index in [4.69, 9.17) is 4.74 Å². The zero-order valence-electron chi connectivity index (χ0n) is 12.3. The lowest BCUT2D eigenvalue weighted by atomic mass is 9.78. The van der Waals surface area contributed by atoms with Gasteiger partial charge in [0.15, 0.2) is 0 Å². The largest absolute Gasteiger partial charge is 0.491 e. The summed E-state index contributed by atoms with van der Waals surface area (Å²) in [5.41, 5.74) is 2.50. The van der Waals surface area contributed by atoms with Crippen LogP contribution in [0.1, 0.15) is 31.9 Å². The highest BCUT2D eigenvalue weighted by molar-refractivity contribution is 5.39. The van der Waals surface area contributed by atoms with Crippen molar-refractivity contribution in [2.24, 2.45) is 0 Å². The number of hydrogen-bond acceptors (Lipinski definition) is 2. The van der Waals surface area contributed by atoms with Gasteiger partial charge in [0.1, 0.15) is 12.4 Å². The minimum atomic E-state index is -0.449. The van der Waals surface area contributed by atoms with Crippen molar-refractivity contribution in [1.82, 2.24) is 0 Å². The summed E-state index contributed by atoms with van der Waals surface area (Å²) in [6, 6.07) is 18.6. The van der Waals surface area contributed by atoms with Crippen LogP contribution in [-0.2, 0) is 5.41 Å². The summed E-state index contributed by atoms with van der Waals surface area (Å²) >= 11 is 0. The number of ether oxygens (including phenoxy) is 1. The number of aliphatic hydroxyl groups excluding tert-OH is 1. The minimum absolute atomic E-state index is 0.0376. The Balaban J connectivity index is 2.17. The molecule has 2 aromatic carbocycles. The highest BCUT2D eigenvalue weighted by atomic mass is 16.5. The van der Waals surface area contributed by atoms with Gasteiger partial charge in [-0.3, -0.25) is 0 Å². The molecular formula is C18H22O2. The molecule has 20 heavy (non-hydrogen) atoms. The molecule has 1 unspecified atom stereocenters. The summed E-state index contributed by atoms with van der Waals surface area (Å²) in [5.74, 6) is 0.790. The van der Waals surface area contributed by atoms with E-state index >= 15 is 0 Å². The van der Waals surface area contributed by atoms with Gasteiger partial charge in [0, 0.05) is 5.41 Å². The minimum Gasteiger partial charge on any atom is -0.491 e. The fraction of sp³-hybridized carbons (Fsp3) is 0.333. The molecule has 0 aliphatic heterocycles. The summed E-state index contributed by atoms with van der Waals surface area (Å²) < 4.78 is 5.49. The highest BCUT2D eigenvalue weighted by Gasteiger charge is 2.22. The predicted octanol–water partition coefficient (Wildman–Crippen LogP) is 3.77. The lowest BCUT2D eigenvalue weighted by Crippen LogP contribution is -2.18. The van der Waals surface area contributed by atoms with Gasteiger partial charge in [-0.15, -0.1) is 0 Å². The lowest BCUT2D eigenvalue weighted by Gasteiger charge is -2.26. The maximum atomic E-state index is 9.22. The second-order valence-corrected chi connectivity index (χ2v) is 5.68.